The number of rotatable bonds is 7. The number of nitrogens with one attached hydrogen (secondary N) is 1. The van der Waals surface area contributed by atoms with E-state index in [4.69, 9.17) is 5.11 Å². The lowest BCUT2D eigenvalue weighted by Crippen LogP contribution is -2.25. The maximum absolute atomic E-state index is 11.8. The van der Waals surface area contributed by atoms with Gasteiger partial charge in [0.2, 0.25) is 0 Å². The highest BCUT2D eigenvalue weighted by Gasteiger charge is 2.10. The van der Waals surface area contributed by atoms with E-state index >= 15 is 0 Å². The number of carboxylic acids is 1. The number of nitrogens with zero attached hydrogens (tertiary/aromatic N) is 3. The van der Waals surface area contributed by atoms with Crippen molar-refractivity contribution < 1.29 is 14.7 Å². The summed E-state index contributed by atoms with van der Waals surface area (Å²) in [5.74, 6) is -1.22. The van der Waals surface area contributed by atoms with Crippen LogP contribution in [0.25, 0.3) is 0 Å². The van der Waals surface area contributed by atoms with Crippen LogP contribution in [0.15, 0.2) is 36.5 Å². The van der Waals surface area contributed by atoms with Crippen LogP contribution in [0.4, 0.5) is 0 Å². The largest absolute Gasteiger partial charge is 0.481 e. The smallest absolute Gasteiger partial charge is 0.303 e. The lowest BCUT2D eigenvalue weighted by Gasteiger charge is -2.01. The molecule has 0 aliphatic rings. The molecular formula is C14H16N4O3. The molecule has 0 atom stereocenters. The van der Waals surface area contributed by atoms with Crippen LogP contribution in [0.3, 0.4) is 0 Å². The first-order valence-corrected chi connectivity index (χ1v) is 6.59. The second-order valence-corrected chi connectivity index (χ2v) is 4.54. The second kappa shape index (κ2) is 7.18. The van der Waals surface area contributed by atoms with Gasteiger partial charge in [-0.1, -0.05) is 35.5 Å². The van der Waals surface area contributed by atoms with Gasteiger partial charge < -0.3 is 10.4 Å². The first-order chi connectivity index (χ1) is 10.1. The van der Waals surface area contributed by atoms with Crippen LogP contribution in [-0.4, -0.2) is 38.5 Å². The number of hydrogen-bond donors (Lipinski definition) is 2. The molecular weight excluding hydrogens is 272 g/mol. The molecule has 1 amide bonds. The zero-order chi connectivity index (χ0) is 15.1. The van der Waals surface area contributed by atoms with Gasteiger partial charge in [-0.25, -0.2) is 4.68 Å². The molecule has 1 aromatic heterocycles. The number of amides is 1. The van der Waals surface area contributed by atoms with Crippen LogP contribution < -0.4 is 5.32 Å². The average Bonchev–Trinajstić information content (AvgIpc) is 2.93. The van der Waals surface area contributed by atoms with Crippen molar-refractivity contribution >= 4 is 11.9 Å². The highest BCUT2D eigenvalue weighted by molar-refractivity contribution is 5.91. The Balaban J connectivity index is 1.84. The van der Waals surface area contributed by atoms with Crippen molar-refractivity contribution in [3.63, 3.8) is 0 Å². The van der Waals surface area contributed by atoms with E-state index in [0.717, 1.165) is 5.56 Å². The van der Waals surface area contributed by atoms with Crippen LogP contribution in [0, 0.1) is 0 Å². The maximum Gasteiger partial charge on any atom is 0.303 e. The van der Waals surface area contributed by atoms with Crippen molar-refractivity contribution in [1.82, 2.24) is 20.3 Å². The number of carboxylic acid groups (broad SMARTS) is 1. The fourth-order valence-electron chi connectivity index (χ4n) is 1.78. The van der Waals surface area contributed by atoms with Crippen molar-refractivity contribution in [2.75, 3.05) is 6.54 Å². The zero-order valence-corrected chi connectivity index (χ0v) is 11.4. The average molecular weight is 288 g/mol. The predicted molar refractivity (Wildman–Crippen MR) is 74.8 cm³/mol. The van der Waals surface area contributed by atoms with Crippen LogP contribution in [0.1, 0.15) is 28.9 Å². The summed E-state index contributed by atoms with van der Waals surface area (Å²) in [5, 5.41) is 18.8. The predicted octanol–water partition coefficient (Wildman–Crippen LogP) is 0.921. The molecule has 1 aromatic carbocycles. The SMILES string of the molecule is O=C(O)CCCNC(=O)c1cn(Cc2ccccc2)nn1. The van der Waals surface area contributed by atoms with Crippen molar-refractivity contribution in [1.29, 1.82) is 0 Å². The summed E-state index contributed by atoms with van der Waals surface area (Å²) in [6, 6.07) is 9.73. The van der Waals surface area contributed by atoms with Gasteiger partial charge in [-0.05, 0) is 12.0 Å². The molecule has 7 heteroatoms. The molecule has 0 aliphatic heterocycles. The van der Waals surface area contributed by atoms with Gasteiger partial charge in [0.1, 0.15) is 0 Å². The Morgan fingerprint density at radius 3 is 2.71 bits per heavy atom. The van der Waals surface area contributed by atoms with Crippen molar-refractivity contribution in [2.45, 2.75) is 19.4 Å². The van der Waals surface area contributed by atoms with E-state index in [2.05, 4.69) is 15.6 Å². The molecule has 1 heterocycles. The zero-order valence-electron chi connectivity index (χ0n) is 11.4. The molecule has 0 aliphatic carbocycles. The van der Waals surface area contributed by atoms with Gasteiger partial charge in [-0.3, -0.25) is 9.59 Å². The normalized spacial score (nSPS) is 10.3. The molecule has 0 radical (unpaired) electrons. The highest BCUT2D eigenvalue weighted by atomic mass is 16.4. The molecule has 0 fully saturated rings. The lowest BCUT2D eigenvalue weighted by molar-refractivity contribution is -0.137. The summed E-state index contributed by atoms with van der Waals surface area (Å²) in [4.78, 5) is 22.1. The molecule has 110 valence electrons. The van der Waals surface area contributed by atoms with Gasteiger partial charge in [0.05, 0.1) is 12.7 Å². The monoisotopic (exact) mass is 288 g/mol. The standard InChI is InChI=1S/C14H16N4O3/c19-13(20)7-4-8-15-14(21)12-10-18(17-16-12)9-11-5-2-1-3-6-11/h1-3,5-6,10H,4,7-9H2,(H,15,21)(H,19,20). The molecule has 2 aromatic rings. The van der Waals surface area contributed by atoms with Crippen molar-refractivity contribution in [3.8, 4) is 0 Å². The Morgan fingerprint density at radius 1 is 1.24 bits per heavy atom. The number of benzene rings is 1. The van der Waals surface area contributed by atoms with Gasteiger partial charge in [0.15, 0.2) is 5.69 Å². The van der Waals surface area contributed by atoms with Crippen molar-refractivity contribution in [2.24, 2.45) is 0 Å². The van der Waals surface area contributed by atoms with E-state index < -0.39 is 5.97 Å². The molecule has 2 N–H and O–H groups in total. The summed E-state index contributed by atoms with van der Waals surface area (Å²) in [5.41, 5.74) is 1.29. The van der Waals surface area contributed by atoms with Gasteiger partial charge in [-0.2, -0.15) is 0 Å². The third kappa shape index (κ3) is 4.72. The Bertz CT molecular complexity index is 610. The van der Waals surface area contributed by atoms with E-state index in [1.165, 1.54) is 0 Å². The summed E-state index contributed by atoms with van der Waals surface area (Å²) < 4.78 is 1.58. The third-order valence-corrected chi connectivity index (χ3v) is 2.81. The van der Waals surface area contributed by atoms with E-state index in [1.807, 2.05) is 30.3 Å². The molecule has 2 rings (SSSR count). The molecule has 0 unspecified atom stereocenters. The van der Waals surface area contributed by atoms with Crippen LogP contribution in [-0.2, 0) is 11.3 Å². The number of carbonyl (C=O) groups excluding carboxylic acids is 1. The minimum absolute atomic E-state index is 0.0287. The van der Waals surface area contributed by atoms with E-state index in [0.29, 0.717) is 19.5 Å². The van der Waals surface area contributed by atoms with Gasteiger partial charge in [-0.15, -0.1) is 5.10 Å². The number of aliphatic carboxylic acids is 1. The first-order valence-electron chi connectivity index (χ1n) is 6.59. The maximum atomic E-state index is 11.8. The number of carbonyl (C=O) groups is 2. The molecule has 7 nitrogen and oxygen atoms in total. The fourth-order valence-corrected chi connectivity index (χ4v) is 1.78. The van der Waals surface area contributed by atoms with Crippen LogP contribution in [0.2, 0.25) is 0 Å². The number of hydrogen-bond acceptors (Lipinski definition) is 4. The molecule has 0 bridgehead atoms. The Hall–Kier alpha value is -2.70. The highest BCUT2D eigenvalue weighted by Crippen LogP contribution is 2.02. The summed E-state index contributed by atoms with van der Waals surface area (Å²) in [6.07, 6.45) is 1.99. The van der Waals surface area contributed by atoms with Gasteiger partial charge in [0.25, 0.3) is 5.91 Å². The van der Waals surface area contributed by atoms with Crippen LogP contribution >= 0.6 is 0 Å². The summed E-state index contributed by atoms with van der Waals surface area (Å²) in [7, 11) is 0. The van der Waals surface area contributed by atoms with E-state index in [9.17, 15) is 9.59 Å². The molecule has 0 spiro atoms. The molecule has 0 saturated carbocycles. The fraction of sp³-hybridized carbons (Fsp3) is 0.286. The topological polar surface area (TPSA) is 97.1 Å². The second-order valence-electron chi connectivity index (χ2n) is 4.54. The van der Waals surface area contributed by atoms with E-state index in [-0.39, 0.29) is 18.0 Å². The Morgan fingerprint density at radius 2 is 2.00 bits per heavy atom. The summed E-state index contributed by atoms with van der Waals surface area (Å²) in [6.45, 7) is 0.844. The molecule has 21 heavy (non-hydrogen) atoms. The first kappa shape index (κ1) is 14.7. The van der Waals surface area contributed by atoms with Gasteiger partial charge >= 0.3 is 5.97 Å². The molecule has 0 saturated heterocycles. The van der Waals surface area contributed by atoms with Crippen LogP contribution in [0.5, 0.6) is 0 Å². The third-order valence-electron chi connectivity index (χ3n) is 2.81. The number of aromatic nitrogens is 3. The minimum atomic E-state index is -0.877. The van der Waals surface area contributed by atoms with E-state index in [1.54, 1.807) is 10.9 Å². The van der Waals surface area contributed by atoms with Gasteiger partial charge in [0, 0.05) is 13.0 Å². The minimum Gasteiger partial charge on any atom is -0.481 e. The quantitative estimate of drug-likeness (QED) is 0.738. The Kier molecular flexibility index (Phi) is 5.03. The Labute approximate surface area is 121 Å². The van der Waals surface area contributed by atoms with Crippen molar-refractivity contribution in [3.05, 3.63) is 47.8 Å². The summed E-state index contributed by atoms with van der Waals surface area (Å²) >= 11 is 0. The lowest BCUT2D eigenvalue weighted by atomic mass is 10.2.